The van der Waals surface area contributed by atoms with E-state index < -0.39 is 42.6 Å². The van der Waals surface area contributed by atoms with Gasteiger partial charge < -0.3 is 33.6 Å². The highest BCUT2D eigenvalue weighted by molar-refractivity contribution is 6.56. The van der Waals surface area contributed by atoms with E-state index in [0.29, 0.717) is 17.7 Å². The molecule has 0 radical (unpaired) electrons. The van der Waals surface area contributed by atoms with Gasteiger partial charge in [-0.3, -0.25) is 4.79 Å². The second-order valence-electron chi connectivity index (χ2n) is 14.6. The summed E-state index contributed by atoms with van der Waals surface area (Å²) in [5.74, 6) is 0.164. The van der Waals surface area contributed by atoms with Crippen LogP contribution in [0.1, 0.15) is 79.0 Å². The Labute approximate surface area is 292 Å². The largest absolute Gasteiger partial charge is 0.491 e. The Morgan fingerprint density at radius 2 is 1.64 bits per heavy atom. The van der Waals surface area contributed by atoms with Gasteiger partial charge in [0.2, 0.25) is 11.8 Å². The van der Waals surface area contributed by atoms with E-state index in [1.54, 1.807) is 80.8 Å². The molecule has 1 aromatic carbocycles. The summed E-state index contributed by atoms with van der Waals surface area (Å²) < 4.78 is 66.6. The van der Waals surface area contributed by atoms with Crippen LogP contribution in [0.25, 0.3) is 16.5 Å². The molecule has 1 saturated heterocycles. The zero-order chi connectivity index (χ0) is 37.1. The zero-order valence-corrected chi connectivity index (χ0v) is 30.4. The van der Waals surface area contributed by atoms with Crippen molar-refractivity contribution >= 4 is 35.6 Å². The highest BCUT2D eigenvalue weighted by atomic mass is 19.4. The summed E-state index contributed by atoms with van der Waals surface area (Å²) in [6.07, 6.45) is -4.20. The van der Waals surface area contributed by atoms with Gasteiger partial charge >= 0.3 is 19.4 Å². The van der Waals surface area contributed by atoms with Gasteiger partial charge in [-0.1, -0.05) is 18.2 Å². The third-order valence-electron chi connectivity index (χ3n) is 8.65. The second-order valence-corrected chi connectivity index (χ2v) is 14.6. The molecule has 272 valence electrons. The molecule has 1 aliphatic rings. The van der Waals surface area contributed by atoms with E-state index in [4.69, 9.17) is 18.8 Å². The number of ether oxygens (including phenoxy) is 2. The molecule has 3 aromatic rings. The standard InChI is InChI=1S/C36H48BF3N4O6/c1-33(2,3)48-32(46)44(18-12-15-30(45)43(8)9)19-20-47-29-17-16-25(23-41-29)31(28-21-24-13-10-11-14-27(24)42-28)26(22-36(38,39)40)37-49-34(4,5)35(6,7)50-37/h10-11,13-14,16-17,21,23,42H,12,15,18-20,22H2,1-9H3/b31-26+. The first kappa shape index (κ1) is 38.8. The molecule has 50 heavy (non-hydrogen) atoms. The number of para-hydroxylation sites is 1. The van der Waals surface area contributed by atoms with Crippen LogP contribution >= 0.6 is 0 Å². The van der Waals surface area contributed by atoms with Crippen molar-refractivity contribution in [3.63, 3.8) is 0 Å². The third kappa shape index (κ3) is 10.0. The molecule has 0 aliphatic carbocycles. The molecule has 1 fully saturated rings. The first-order valence-electron chi connectivity index (χ1n) is 16.7. The first-order valence-corrected chi connectivity index (χ1v) is 16.7. The smallest absolute Gasteiger partial charge is 0.476 e. The van der Waals surface area contributed by atoms with Crippen molar-refractivity contribution in [1.82, 2.24) is 19.8 Å². The average molecular weight is 701 g/mol. The SMILES string of the molecule is CN(C)C(=O)CCCN(CCOc1ccc(/C(=C(/CC(F)(F)F)B2OC(C)(C)C(C)(C)O2)c2cc3ccccc3[nH]2)cn1)C(=O)OC(C)(C)C. The van der Waals surface area contributed by atoms with Gasteiger partial charge in [0.15, 0.2) is 0 Å². The maximum absolute atomic E-state index is 14.3. The molecule has 0 bridgehead atoms. The van der Waals surface area contributed by atoms with Crippen LogP contribution in [0.3, 0.4) is 0 Å². The van der Waals surface area contributed by atoms with E-state index in [9.17, 15) is 22.8 Å². The van der Waals surface area contributed by atoms with Crippen molar-refractivity contribution in [3.8, 4) is 5.88 Å². The molecule has 0 saturated carbocycles. The summed E-state index contributed by atoms with van der Waals surface area (Å²) in [7, 11) is 2.08. The number of fused-ring (bicyclic) bond motifs is 1. The van der Waals surface area contributed by atoms with Crippen molar-refractivity contribution in [3.05, 3.63) is 65.4 Å². The lowest BCUT2D eigenvalue weighted by molar-refractivity contribution is -0.129. The number of amides is 2. The van der Waals surface area contributed by atoms with Crippen LogP contribution in [0.5, 0.6) is 5.88 Å². The third-order valence-corrected chi connectivity index (χ3v) is 8.65. The number of carbonyl (C=O) groups excluding carboxylic acids is 2. The summed E-state index contributed by atoms with van der Waals surface area (Å²) in [5.41, 5.74) is -0.660. The molecular weight excluding hydrogens is 652 g/mol. The van der Waals surface area contributed by atoms with E-state index in [-0.39, 0.29) is 48.9 Å². The highest BCUT2D eigenvalue weighted by Crippen LogP contribution is 2.44. The number of aromatic amines is 1. The molecule has 0 unspecified atom stereocenters. The molecule has 14 heteroatoms. The number of carbonyl (C=O) groups is 2. The van der Waals surface area contributed by atoms with Gasteiger partial charge in [-0.25, -0.2) is 9.78 Å². The van der Waals surface area contributed by atoms with Crippen molar-refractivity contribution in [2.24, 2.45) is 0 Å². The van der Waals surface area contributed by atoms with Gasteiger partial charge in [0.05, 0.1) is 24.2 Å². The molecule has 10 nitrogen and oxygen atoms in total. The number of pyridine rings is 1. The second kappa shape index (κ2) is 15.1. The summed E-state index contributed by atoms with van der Waals surface area (Å²) >= 11 is 0. The summed E-state index contributed by atoms with van der Waals surface area (Å²) in [5, 5.41) is 0.828. The van der Waals surface area contributed by atoms with Gasteiger partial charge in [-0.15, -0.1) is 0 Å². The number of hydrogen-bond acceptors (Lipinski definition) is 7. The molecule has 4 rings (SSSR count). The predicted octanol–water partition coefficient (Wildman–Crippen LogP) is 7.43. The van der Waals surface area contributed by atoms with Gasteiger partial charge in [0.1, 0.15) is 12.2 Å². The highest BCUT2D eigenvalue weighted by Gasteiger charge is 2.54. The normalized spacial score (nSPS) is 16.3. The number of rotatable bonds is 12. The molecular formula is C36H48BF3N4O6. The van der Waals surface area contributed by atoms with Gasteiger partial charge in [-0.2, -0.15) is 13.2 Å². The zero-order valence-electron chi connectivity index (χ0n) is 30.4. The predicted molar refractivity (Wildman–Crippen MR) is 187 cm³/mol. The topological polar surface area (TPSA) is 106 Å². The number of nitrogens with one attached hydrogen (secondary N) is 1. The summed E-state index contributed by atoms with van der Waals surface area (Å²) in [6, 6.07) is 12.4. The summed E-state index contributed by atoms with van der Waals surface area (Å²) in [6.45, 7) is 13.0. The molecule has 2 aromatic heterocycles. The number of hydrogen-bond donors (Lipinski definition) is 1. The Kier molecular flexibility index (Phi) is 11.7. The van der Waals surface area contributed by atoms with E-state index in [2.05, 4.69) is 9.97 Å². The minimum absolute atomic E-state index is 0.0487. The molecule has 1 aliphatic heterocycles. The van der Waals surface area contributed by atoms with E-state index in [1.165, 1.54) is 16.0 Å². The minimum Gasteiger partial charge on any atom is -0.476 e. The number of benzene rings is 1. The monoisotopic (exact) mass is 700 g/mol. The molecule has 0 atom stereocenters. The molecule has 2 amide bonds. The van der Waals surface area contributed by atoms with Crippen molar-refractivity contribution < 1.29 is 41.5 Å². The van der Waals surface area contributed by atoms with Crippen LogP contribution < -0.4 is 4.74 Å². The maximum atomic E-state index is 14.3. The van der Waals surface area contributed by atoms with Crippen LogP contribution in [-0.4, -0.2) is 95.7 Å². The fourth-order valence-electron chi connectivity index (χ4n) is 5.35. The fraction of sp³-hybridized carbons (Fsp3) is 0.528. The lowest BCUT2D eigenvalue weighted by Gasteiger charge is -2.32. The van der Waals surface area contributed by atoms with Gasteiger partial charge in [0, 0.05) is 67.1 Å². The van der Waals surface area contributed by atoms with Crippen LogP contribution in [0.2, 0.25) is 0 Å². The van der Waals surface area contributed by atoms with Crippen LogP contribution in [0.15, 0.2) is 54.1 Å². The average Bonchev–Trinajstić information content (AvgIpc) is 3.51. The maximum Gasteiger partial charge on any atom is 0.491 e. The Morgan fingerprint density at radius 1 is 0.980 bits per heavy atom. The van der Waals surface area contributed by atoms with Crippen LogP contribution in [0.4, 0.5) is 18.0 Å². The number of allylic oxidation sites excluding steroid dienone is 1. The quantitative estimate of drug-likeness (QED) is 0.196. The number of H-pyrrole nitrogens is 1. The van der Waals surface area contributed by atoms with E-state index in [0.717, 1.165) is 10.9 Å². The molecule has 3 heterocycles. The number of aromatic nitrogens is 2. The van der Waals surface area contributed by atoms with Crippen molar-refractivity contribution in [2.45, 2.75) is 90.7 Å². The first-order chi connectivity index (χ1) is 23.2. The Morgan fingerprint density at radius 3 is 2.20 bits per heavy atom. The Bertz CT molecular complexity index is 1630. The van der Waals surface area contributed by atoms with Gasteiger partial charge in [0.25, 0.3) is 0 Å². The lowest BCUT2D eigenvalue weighted by atomic mass is 9.71. The lowest BCUT2D eigenvalue weighted by Crippen LogP contribution is -2.41. The number of alkyl halides is 3. The van der Waals surface area contributed by atoms with Crippen molar-refractivity contribution in [2.75, 3.05) is 33.8 Å². The minimum atomic E-state index is -4.56. The summed E-state index contributed by atoms with van der Waals surface area (Å²) in [4.78, 5) is 35.6. The molecule has 0 spiro atoms. The van der Waals surface area contributed by atoms with Crippen molar-refractivity contribution in [1.29, 1.82) is 0 Å². The van der Waals surface area contributed by atoms with E-state index >= 15 is 0 Å². The molecule has 1 N–H and O–H groups in total. The van der Waals surface area contributed by atoms with Crippen LogP contribution in [-0.2, 0) is 18.8 Å². The number of halogens is 3. The Balaban J connectivity index is 1.63. The van der Waals surface area contributed by atoms with E-state index in [1.807, 2.05) is 24.3 Å². The fourth-order valence-corrected chi connectivity index (χ4v) is 5.35. The Hall–Kier alpha value is -4.04. The van der Waals surface area contributed by atoms with Crippen LogP contribution in [0, 0.1) is 0 Å². The number of nitrogens with zero attached hydrogens (tertiary/aromatic N) is 3. The van der Waals surface area contributed by atoms with Gasteiger partial charge in [-0.05, 0) is 78.6 Å².